The van der Waals surface area contributed by atoms with Crippen LogP contribution in [0, 0.1) is 17.8 Å². The van der Waals surface area contributed by atoms with Crippen LogP contribution in [0.25, 0.3) is 0 Å². The summed E-state index contributed by atoms with van der Waals surface area (Å²) in [7, 11) is -0.573. The van der Waals surface area contributed by atoms with E-state index < -0.39 is 25.8 Å². The molecule has 1 heterocycles. The summed E-state index contributed by atoms with van der Waals surface area (Å²) in [6, 6.07) is 0. The van der Waals surface area contributed by atoms with Crippen LogP contribution in [0.15, 0.2) is 0 Å². The Morgan fingerprint density at radius 3 is 2.15 bits per heavy atom. The minimum atomic E-state index is -1.98. The van der Waals surface area contributed by atoms with Crippen molar-refractivity contribution in [1.82, 2.24) is 0 Å². The SMILES string of the molecule is COC(=O)[C@@H](C[C@@H]1O[C@@]2(C[C@H](C)CC[C@H]2C(C)C)O[C@@H]1CO[Si](C)(C)C(C)(C)C)OC(C)(C)C. The number of hydrogen-bond acceptors (Lipinski definition) is 6. The monoisotopic (exact) mass is 500 g/mol. The van der Waals surface area contributed by atoms with E-state index >= 15 is 0 Å². The van der Waals surface area contributed by atoms with E-state index in [1.165, 1.54) is 13.5 Å². The van der Waals surface area contributed by atoms with E-state index in [2.05, 4.69) is 54.6 Å². The maximum atomic E-state index is 12.7. The molecule has 0 N–H and O–H groups in total. The van der Waals surface area contributed by atoms with Crippen LogP contribution < -0.4 is 0 Å². The van der Waals surface area contributed by atoms with Crippen molar-refractivity contribution in [2.24, 2.45) is 17.8 Å². The molecule has 0 radical (unpaired) electrons. The van der Waals surface area contributed by atoms with Gasteiger partial charge in [-0.15, -0.1) is 0 Å². The van der Waals surface area contributed by atoms with Crippen molar-refractivity contribution in [3.8, 4) is 0 Å². The van der Waals surface area contributed by atoms with Crippen molar-refractivity contribution in [3.63, 3.8) is 0 Å². The summed E-state index contributed by atoms with van der Waals surface area (Å²) in [6.45, 7) is 24.3. The van der Waals surface area contributed by atoms with Crippen molar-refractivity contribution in [1.29, 1.82) is 0 Å². The van der Waals surface area contributed by atoms with Gasteiger partial charge in [-0.05, 0) is 57.2 Å². The van der Waals surface area contributed by atoms with E-state index in [0.29, 0.717) is 30.8 Å². The third kappa shape index (κ3) is 7.28. The maximum Gasteiger partial charge on any atom is 0.335 e. The highest BCUT2D eigenvalue weighted by Crippen LogP contribution is 2.50. The lowest BCUT2D eigenvalue weighted by Crippen LogP contribution is -2.47. The van der Waals surface area contributed by atoms with E-state index in [9.17, 15) is 4.79 Å². The Bertz CT molecular complexity index is 680. The van der Waals surface area contributed by atoms with Crippen LogP contribution in [0.1, 0.15) is 88.0 Å². The Kier molecular flexibility index (Phi) is 9.52. The number of esters is 1. The van der Waals surface area contributed by atoms with E-state index in [0.717, 1.165) is 12.8 Å². The number of methoxy groups -OCH3 is 1. The highest BCUT2D eigenvalue weighted by molar-refractivity contribution is 6.74. The van der Waals surface area contributed by atoms with Gasteiger partial charge in [-0.2, -0.15) is 0 Å². The first-order valence-corrected chi connectivity index (χ1v) is 16.1. The first-order chi connectivity index (χ1) is 15.4. The second kappa shape index (κ2) is 10.9. The van der Waals surface area contributed by atoms with Gasteiger partial charge >= 0.3 is 5.97 Å². The number of carbonyl (C=O) groups excluding carboxylic acids is 1. The predicted octanol–water partition coefficient (Wildman–Crippen LogP) is 6.33. The molecule has 0 aromatic rings. The molecule has 34 heavy (non-hydrogen) atoms. The average Bonchev–Trinajstić information content (AvgIpc) is 2.99. The van der Waals surface area contributed by atoms with Gasteiger partial charge in [0.2, 0.25) is 0 Å². The third-order valence-corrected chi connectivity index (χ3v) is 12.4. The Balaban J connectivity index is 2.35. The molecular formula is C27H52O6Si. The van der Waals surface area contributed by atoms with Gasteiger partial charge in [-0.25, -0.2) is 4.79 Å². The van der Waals surface area contributed by atoms with Crippen molar-refractivity contribution in [2.45, 2.75) is 136 Å². The van der Waals surface area contributed by atoms with Crippen molar-refractivity contribution in [3.05, 3.63) is 0 Å². The zero-order valence-electron chi connectivity index (χ0n) is 23.9. The first-order valence-electron chi connectivity index (χ1n) is 13.2. The number of carbonyl (C=O) groups is 1. The molecule has 0 aromatic heterocycles. The molecule has 1 aliphatic carbocycles. The lowest BCUT2D eigenvalue weighted by molar-refractivity contribution is -0.247. The molecule has 0 unspecified atom stereocenters. The van der Waals surface area contributed by atoms with Gasteiger partial charge in [0.15, 0.2) is 20.2 Å². The molecule has 6 atom stereocenters. The fourth-order valence-electron chi connectivity index (χ4n) is 5.04. The van der Waals surface area contributed by atoms with Crippen LogP contribution in [0.4, 0.5) is 0 Å². The summed E-state index contributed by atoms with van der Waals surface area (Å²) in [5.74, 6) is 0.263. The molecule has 0 aromatic carbocycles. The van der Waals surface area contributed by atoms with Gasteiger partial charge in [-0.3, -0.25) is 0 Å². The summed E-state index contributed by atoms with van der Waals surface area (Å²) in [6.07, 6.45) is 2.25. The lowest BCUT2D eigenvalue weighted by Gasteiger charge is -2.44. The summed E-state index contributed by atoms with van der Waals surface area (Å²) >= 11 is 0. The quantitative estimate of drug-likeness (QED) is 0.287. The summed E-state index contributed by atoms with van der Waals surface area (Å²) in [5, 5.41) is 0.101. The molecule has 0 amide bonds. The highest BCUT2D eigenvalue weighted by atomic mass is 28.4. The molecule has 0 bridgehead atoms. The van der Waals surface area contributed by atoms with Crippen LogP contribution >= 0.6 is 0 Å². The Hall–Kier alpha value is -0.473. The van der Waals surface area contributed by atoms with Crippen LogP contribution in [0.3, 0.4) is 0 Å². The Morgan fingerprint density at radius 2 is 1.65 bits per heavy atom. The van der Waals surface area contributed by atoms with Crippen LogP contribution in [0.5, 0.6) is 0 Å². The highest BCUT2D eigenvalue weighted by Gasteiger charge is 2.56. The zero-order valence-corrected chi connectivity index (χ0v) is 24.9. The minimum Gasteiger partial charge on any atom is -0.467 e. The third-order valence-electron chi connectivity index (χ3n) is 7.91. The van der Waals surface area contributed by atoms with Crippen LogP contribution in [0.2, 0.25) is 18.1 Å². The second-order valence-electron chi connectivity index (χ2n) is 13.4. The number of rotatable bonds is 8. The Labute approximate surface area is 209 Å². The summed E-state index contributed by atoms with van der Waals surface area (Å²) < 4.78 is 31.6. The summed E-state index contributed by atoms with van der Waals surface area (Å²) in [5.41, 5.74) is -0.483. The summed E-state index contributed by atoms with van der Waals surface area (Å²) in [4.78, 5) is 12.7. The first kappa shape index (κ1) is 29.8. The van der Waals surface area contributed by atoms with E-state index in [-0.39, 0.29) is 23.2 Å². The van der Waals surface area contributed by atoms with Gasteiger partial charge in [0.25, 0.3) is 0 Å². The molecule has 200 valence electrons. The minimum absolute atomic E-state index is 0.101. The van der Waals surface area contributed by atoms with Crippen LogP contribution in [-0.4, -0.2) is 57.7 Å². The molecule has 7 heteroatoms. The molecule has 1 saturated carbocycles. The van der Waals surface area contributed by atoms with Crippen molar-refractivity contribution >= 4 is 14.3 Å². The largest absolute Gasteiger partial charge is 0.467 e. The lowest BCUT2D eigenvalue weighted by atomic mass is 9.73. The van der Waals surface area contributed by atoms with E-state index in [1.807, 2.05) is 20.8 Å². The maximum absolute atomic E-state index is 12.7. The molecular weight excluding hydrogens is 448 g/mol. The standard InChI is InChI=1S/C27H52O6Si/c1-18(2)20-14-13-19(3)16-27(20)32-21(15-22(24(28)29-10)31-25(4,5)6)23(33-27)17-30-34(11,12)26(7,8)9/h18-23H,13-17H2,1-12H3/t19-,20+,21+,22-,23-,27+/m1/s1. The average molecular weight is 501 g/mol. The molecule has 1 spiro atoms. The smallest absolute Gasteiger partial charge is 0.335 e. The number of ether oxygens (including phenoxy) is 4. The van der Waals surface area contributed by atoms with Crippen molar-refractivity contribution in [2.75, 3.05) is 13.7 Å². The molecule has 2 fully saturated rings. The fourth-order valence-corrected chi connectivity index (χ4v) is 6.05. The van der Waals surface area contributed by atoms with E-state index in [1.54, 1.807) is 0 Å². The molecule has 2 aliphatic rings. The van der Waals surface area contributed by atoms with Crippen LogP contribution in [-0.2, 0) is 28.2 Å². The second-order valence-corrected chi connectivity index (χ2v) is 18.2. The molecule has 1 saturated heterocycles. The van der Waals surface area contributed by atoms with E-state index in [4.69, 9.17) is 23.4 Å². The normalized spacial score (nSPS) is 31.8. The molecule has 2 rings (SSSR count). The zero-order chi connectivity index (χ0) is 26.1. The fraction of sp³-hybridized carbons (Fsp3) is 0.963. The van der Waals surface area contributed by atoms with Gasteiger partial charge in [0.05, 0.1) is 25.4 Å². The molecule has 1 aliphatic heterocycles. The van der Waals surface area contributed by atoms with Gasteiger partial charge in [0.1, 0.15) is 6.10 Å². The number of hydrogen-bond donors (Lipinski definition) is 0. The van der Waals surface area contributed by atoms with Gasteiger partial charge < -0.3 is 23.4 Å². The predicted molar refractivity (Wildman–Crippen MR) is 138 cm³/mol. The topological polar surface area (TPSA) is 63.2 Å². The van der Waals surface area contributed by atoms with Gasteiger partial charge in [0, 0.05) is 18.8 Å². The Morgan fingerprint density at radius 1 is 1.06 bits per heavy atom. The van der Waals surface area contributed by atoms with Crippen molar-refractivity contribution < 1.29 is 28.2 Å². The molecule has 6 nitrogen and oxygen atoms in total. The van der Waals surface area contributed by atoms with Gasteiger partial charge in [-0.1, -0.05) is 48.0 Å².